The third-order valence-electron chi connectivity index (χ3n) is 3.37. The maximum Gasteiger partial charge on any atom is 0.226 e. The molecule has 3 rings (SSSR count). The summed E-state index contributed by atoms with van der Waals surface area (Å²) in [6, 6.07) is 9.38. The monoisotopic (exact) mass is 455 g/mol. The predicted molar refractivity (Wildman–Crippen MR) is 97.6 cm³/mol. The van der Waals surface area contributed by atoms with E-state index in [2.05, 4.69) is 42.2 Å². The molecule has 0 saturated heterocycles. The SMILES string of the molecule is O=C(Cc1cnc2ccc(Br)cn12)NCc1cc(Br)ccc1Cl. The Kier molecular flexibility index (Phi) is 5.04. The Morgan fingerprint density at radius 3 is 2.83 bits per heavy atom. The number of carbonyl (C=O) groups excluding carboxylic acids is 1. The number of carbonyl (C=O) groups is 1. The van der Waals surface area contributed by atoms with Crippen LogP contribution in [0.3, 0.4) is 0 Å². The highest BCUT2D eigenvalue weighted by Gasteiger charge is 2.10. The minimum absolute atomic E-state index is 0.0807. The second-order valence-corrected chi connectivity index (χ2v) is 7.25. The Morgan fingerprint density at radius 1 is 1.22 bits per heavy atom. The Labute approximate surface area is 155 Å². The zero-order valence-corrected chi connectivity index (χ0v) is 15.8. The third-order valence-corrected chi connectivity index (χ3v) is 4.70. The lowest BCUT2D eigenvalue weighted by molar-refractivity contribution is -0.120. The van der Waals surface area contributed by atoms with Crippen LogP contribution in [0.4, 0.5) is 0 Å². The lowest BCUT2D eigenvalue weighted by atomic mass is 10.2. The number of hydrogen-bond acceptors (Lipinski definition) is 2. The molecular weight excluding hydrogens is 445 g/mol. The summed E-state index contributed by atoms with van der Waals surface area (Å²) in [5.41, 5.74) is 2.51. The summed E-state index contributed by atoms with van der Waals surface area (Å²) in [4.78, 5) is 16.5. The van der Waals surface area contributed by atoms with Crippen LogP contribution in [-0.2, 0) is 17.8 Å². The Bertz CT molecular complexity index is 879. The van der Waals surface area contributed by atoms with Crippen LogP contribution in [0.5, 0.6) is 0 Å². The first-order valence-electron chi connectivity index (χ1n) is 6.85. The van der Waals surface area contributed by atoms with E-state index in [0.29, 0.717) is 11.6 Å². The van der Waals surface area contributed by atoms with Gasteiger partial charge in [-0.05, 0) is 51.8 Å². The minimum Gasteiger partial charge on any atom is -0.352 e. The third kappa shape index (κ3) is 3.94. The predicted octanol–water partition coefficient (Wildman–Crippen LogP) is 4.37. The maximum atomic E-state index is 12.2. The molecule has 1 amide bonds. The molecule has 118 valence electrons. The van der Waals surface area contributed by atoms with E-state index in [9.17, 15) is 4.79 Å². The number of hydrogen-bond donors (Lipinski definition) is 1. The fourth-order valence-corrected chi connectivity index (χ4v) is 3.17. The summed E-state index contributed by atoms with van der Waals surface area (Å²) in [5.74, 6) is -0.0807. The highest BCUT2D eigenvalue weighted by atomic mass is 79.9. The van der Waals surface area contributed by atoms with Gasteiger partial charge in [-0.2, -0.15) is 0 Å². The quantitative estimate of drug-likeness (QED) is 0.632. The fraction of sp³-hybridized carbons (Fsp3) is 0.125. The molecule has 0 atom stereocenters. The van der Waals surface area contributed by atoms with Gasteiger partial charge in [-0.3, -0.25) is 4.79 Å². The Balaban J connectivity index is 1.69. The van der Waals surface area contributed by atoms with Gasteiger partial charge in [0, 0.05) is 32.9 Å². The number of amides is 1. The van der Waals surface area contributed by atoms with Crippen LogP contribution >= 0.6 is 43.5 Å². The number of pyridine rings is 1. The van der Waals surface area contributed by atoms with E-state index in [1.807, 2.05) is 34.9 Å². The molecule has 0 saturated carbocycles. The molecule has 0 spiro atoms. The van der Waals surface area contributed by atoms with Crippen LogP contribution in [0.1, 0.15) is 11.3 Å². The van der Waals surface area contributed by atoms with Gasteiger partial charge in [0.25, 0.3) is 0 Å². The van der Waals surface area contributed by atoms with Crippen LogP contribution in [0.15, 0.2) is 51.7 Å². The molecule has 7 heteroatoms. The van der Waals surface area contributed by atoms with Crippen molar-refractivity contribution >= 4 is 55.0 Å². The smallest absolute Gasteiger partial charge is 0.226 e. The van der Waals surface area contributed by atoms with Gasteiger partial charge in [-0.25, -0.2) is 4.98 Å². The second-order valence-electron chi connectivity index (χ2n) is 5.01. The van der Waals surface area contributed by atoms with E-state index < -0.39 is 0 Å². The number of fused-ring (bicyclic) bond motifs is 1. The normalized spacial score (nSPS) is 10.9. The average Bonchev–Trinajstić information content (AvgIpc) is 2.90. The first kappa shape index (κ1) is 16.5. The molecule has 0 unspecified atom stereocenters. The van der Waals surface area contributed by atoms with Crippen molar-refractivity contribution in [3.05, 3.63) is 68.0 Å². The maximum absolute atomic E-state index is 12.2. The van der Waals surface area contributed by atoms with Gasteiger partial charge >= 0.3 is 0 Å². The molecule has 2 heterocycles. The molecule has 1 N–H and O–H groups in total. The molecule has 4 nitrogen and oxygen atoms in total. The van der Waals surface area contributed by atoms with Crippen molar-refractivity contribution in [1.29, 1.82) is 0 Å². The van der Waals surface area contributed by atoms with Gasteiger partial charge < -0.3 is 9.72 Å². The van der Waals surface area contributed by atoms with Gasteiger partial charge in [-0.15, -0.1) is 0 Å². The molecule has 0 aliphatic heterocycles. The number of imidazole rings is 1. The summed E-state index contributed by atoms with van der Waals surface area (Å²) in [6.45, 7) is 0.386. The number of aromatic nitrogens is 2. The zero-order valence-electron chi connectivity index (χ0n) is 11.9. The van der Waals surface area contributed by atoms with Gasteiger partial charge in [0.15, 0.2) is 0 Å². The van der Waals surface area contributed by atoms with Crippen molar-refractivity contribution in [3.8, 4) is 0 Å². The van der Waals surface area contributed by atoms with Crippen molar-refractivity contribution < 1.29 is 4.79 Å². The van der Waals surface area contributed by atoms with Gasteiger partial charge in [0.05, 0.1) is 12.1 Å². The molecule has 0 bridgehead atoms. The molecule has 23 heavy (non-hydrogen) atoms. The number of nitrogens with zero attached hydrogens (tertiary/aromatic N) is 2. The Morgan fingerprint density at radius 2 is 2.00 bits per heavy atom. The van der Waals surface area contributed by atoms with Crippen LogP contribution < -0.4 is 5.32 Å². The zero-order chi connectivity index (χ0) is 16.4. The molecule has 2 aromatic heterocycles. The standard InChI is InChI=1S/C16H12Br2ClN3O/c17-11-1-3-14(19)10(5-11)7-21-16(23)6-13-8-20-15-4-2-12(18)9-22(13)15/h1-5,8-9H,6-7H2,(H,21,23). The summed E-state index contributed by atoms with van der Waals surface area (Å²) in [7, 11) is 0. The van der Waals surface area contributed by atoms with Gasteiger partial charge in [-0.1, -0.05) is 27.5 Å². The number of halogens is 3. The fourth-order valence-electron chi connectivity index (χ4n) is 2.24. The summed E-state index contributed by atoms with van der Waals surface area (Å²) in [5, 5.41) is 3.52. The largest absolute Gasteiger partial charge is 0.352 e. The van der Waals surface area contributed by atoms with Crippen molar-refractivity contribution in [2.45, 2.75) is 13.0 Å². The Hall–Kier alpha value is -1.37. The van der Waals surface area contributed by atoms with E-state index in [1.165, 1.54) is 0 Å². The summed E-state index contributed by atoms with van der Waals surface area (Å²) < 4.78 is 3.76. The first-order valence-corrected chi connectivity index (χ1v) is 8.81. The summed E-state index contributed by atoms with van der Waals surface area (Å²) in [6.07, 6.45) is 3.87. The first-order chi connectivity index (χ1) is 11.0. The number of rotatable bonds is 4. The van der Waals surface area contributed by atoms with Gasteiger partial charge in [0.2, 0.25) is 5.91 Å². The van der Waals surface area contributed by atoms with E-state index in [4.69, 9.17) is 11.6 Å². The second kappa shape index (κ2) is 7.03. The van der Waals surface area contributed by atoms with Gasteiger partial charge in [0.1, 0.15) is 5.65 Å². The minimum atomic E-state index is -0.0807. The van der Waals surface area contributed by atoms with Crippen molar-refractivity contribution in [1.82, 2.24) is 14.7 Å². The van der Waals surface area contributed by atoms with Crippen LogP contribution in [0.2, 0.25) is 5.02 Å². The summed E-state index contributed by atoms with van der Waals surface area (Å²) >= 11 is 13.0. The molecule has 0 aliphatic rings. The van der Waals surface area contributed by atoms with Crippen LogP contribution in [0, 0.1) is 0 Å². The highest BCUT2D eigenvalue weighted by Crippen LogP contribution is 2.21. The van der Waals surface area contributed by atoms with E-state index in [-0.39, 0.29) is 12.3 Å². The van der Waals surface area contributed by atoms with Crippen LogP contribution in [0.25, 0.3) is 5.65 Å². The lowest BCUT2D eigenvalue weighted by Gasteiger charge is -2.08. The van der Waals surface area contributed by atoms with Crippen molar-refractivity contribution in [2.24, 2.45) is 0 Å². The molecule has 0 radical (unpaired) electrons. The lowest BCUT2D eigenvalue weighted by Crippen LogP contribution is -2.25. The van der Waals surface area contributed by atoms with Crippen LogP contribution in [-0.4, -0.2) is 15.3 Å². The van der Waals surface area contributed by atoms with E-state index in [1.54, 1.807) is 12.3 Å². The number of nitrogens with one attached hydrogen (secondary N) is 1. The van der Waals surface area contributed by atoms with E-state index >= 15 is 0 Å². The van der Waals surface area contributed by atoms with Crippen molar-refractivity contribution in [2.75, 3.05) is 0 Å². The molecule has 0 fully saturated rings. The molecule has 3 aromatic rings. The molecular formula is C16H12Br2ClN3O. The van der Waals surface area contributed by atoms with E-state index in [0.717, 1.165) is 25.8 Å². The number of benzene rings is 1. The van der Waals surface area contributed by atoms with Crippen molar-refractivity contribution in [3.63, 3.8) is 0 Å². The topological polar surface area (TPSA) is 46.4 Å². The molecule has 0 aliphatic carbocycles. The highest BCUT2D eigenvalue weighted by molar-refractivity contribution is 9.10. The average molecular weight is 458 g/mol. The molecule has 1 aromatic carbocycles.